The van der Waals surface area contributed by atoms with E-state index in [4.69, 9.17) is 0 Å². The summed E-state index contributed by atoms with van der Waals surface area (Å²) in [7, 11) is 0. The number of aromatic nitrogens is 1. The van der Waals surface area contributed by atoms with Crippen molar-refractivity contribution in [1.82, 2.24) is 9.88 Å². The first-order valence-corrected chi connectivity index (χ1v) is 9.28. The van der Waals surface area contributed by atoms with Crippen molar-refractivity contribution >= 4 is 5.82 Å². The number of piperidine rings is 3. The maximum atomic E-state index is 9.23. The molecule has 4 saturated heterocycles. The Kier molecular flexibility index (Phi) is 3.50. The Bertz CT molecular complexity index is 804. The topological polar surface area (TPSA) is 43.2 Å². The van der Waals surface area contributed by atoms with Crippen molar-refractivity contribution in [2.24, 2.45) is 5.92 Å². The van der Waals surface area contributed by atoms with Crippen LogP contribution in [0.15, 0.2) is 48.5 Å². The van der Waals surface area contributed by atoms with Gasteiger partial charge in [0.05, 0.1) is 0 Å². The summed E-state index contributed by atoms with van der Waals surface area (Å²) in [5, 5.41) is 9.23. The molecular formula is C21H22N4. The third-order valence-electron chi connectivity index (χ3n) is 6.37. The van der Waals surface area contributed by atoms with Gasteiger partial charge in [0, 0.05) is 24.5 Å². The fraction of sp³-hybridized carbons (Fsp3) is 0.429. The van der Waals surface area contributed by atoms with Gasteiger partial charge in [-0.25, -0.2) is 4.98 Å². The number of benzene rings is 1. The maximum Gasteiger partial charge on any atom is 0.142 e. The molecule has 4 aliphatic heterocycles. The van der Waals surface area contributed by atoms with Crippen LogP contribution in [0.4, 0.5) is 5.82 Å². The summed E-state index contributed by atoms with van der Waals surface area (Å²) >= 11 is 0. The molecule has 25 heavy (non-hydrogen) atoms. The second-order valence-electron chi connectivity index (χ2n) is 7.52. The SMILES string of the molecule is N#Cc1cccc(N2C[C@H](c3ccccc3)[C@H]3[C@@H]2C2CCN3CC2)n1. The molecule has 0 aliphatic carbocycles. The van der Waals surface area contributed by atoms with Gasteiger partial charge in [-0.05, 0) is 49.5 Å². The van der Waals surface area contributed by atoms with Crippen molar-refractivity contribution in [2.75, 3.05) is 24.5 Å². The largest absolute Gasteiger partial charge is 0.351 e. The van der Waals surface area contributed by atoms with Crippen molar-refractivity contribution in [3.05, 3.63) is 59.8 Å². The molecule has 0 saturated carbocycles. The number of anilines is 1. The molecule has 4 nitrogen and oxygen atoms in total. The Labute approximate surface area is 148 Å². The van der Waals surface area contributed by atoms with E-state index in [9.17, 15) is 5.26 Å². The van der Waals surface area contributed by atoms with Gasteiger partial charge >= 0.3 is 0 Å². The zero-order valence-corrected chi connectivity index (χ0v) is 14.3. The lowest BCUT2D eigenvalue weighted by Gasteiger charge is -2.51. The quantitative estimate of drug-likeness (QED) is 0.849. The van der Waals surface area contributed by atoms with Gasteiger partial charge in [-0.1, -0.05) is 36.4 Å². The van der Waals surface area contributed by atoms with Crippen LogP contribution in [-0.4, -0.2) is 41.6 Å². The minimum Gasteiger partial charge on any atom is -0.351 e. The molecule has 1 aromatic heterocycles. The highest BCUT2D eigenvalue weighted by atomic mass is 15.3. The molecule has 2 bridgehead atoms. The number of rotatable bonds is 2. The minimum atomic E-state index is 0.512. The lowest BCUT2D eigenvalue weighted by molar-refractivity contribution is 0.0354. The molecule has 0 amide bonds. The maximum absolute atomic E-state index is 9.23. The summed E-state index contributed by atoms with van der Waals surface area (Å²) < 4.78 is 0. The lowest BCUT2D eigenvalue weighted by Crippen LogP contribution is -2.60. The molecule has 4 aliphatic rings. The summed E-state index contributed by atoms with van der Waals surface area (Å²) in [6.45, 7) is 3.46. The van der Waals surface area contributed by atoms with E-state index in [1.54, 1.807) is 6.07 Å². The summed E-state index contributed by atoms with van der Waals surface area (Å²) in [5.41, 5.74) is 1.95. The predicted molar refractivity (Wildman–Crippen MR) is 97.4 cm³/mol. The standard InChI is InChI=1S/C21H22N4/c22-13-17-7-4-8-19(23-17)25-14-18(15-5-2-1-3-6-15)21-20(25)16-9-11-24(21)12-10-16/h1-8,16,18,20-21H,9-12,14H2/t18-,20+,21+/m1/s1. The highest BCUT2D eigenvalue weighted by molar-refractivity contribution is 5.48. The van der Waals surface area contributed by atoms with E-state index < -0.39 is 0 Å². The van der Waals surface area contributed by atoms with Crippen molar-refractivity contribution in [2.45, 2.75) is 30.8 Å². The third kappa shape index (κ3) is 2.34. The van der Waals surface area contributed by atoms with Gasteiger partial charge < -0.3 is 4.90 Å². The van der Waals surface area contributed by atoms with E-state index in [0.29, 0.717) is 23.7 Å². The number of hydrogen-bond acceptors (Lipinski definition) is 4. The van der Waals surface area contributed by atoms with Crippen molar-refractivity contribution < 1.29 is 0 Å². The number of nitrogens with zero attached hydrogens (tertiary/aromatic N) is 4. The predicted octanol–water partition coefficient (Wildman–Crippen LogP) is 3.02. The summed E-state index contributed by atoms with van der Waals surface area (Å²) in [4.78, 5) is 9.83. The Balaban J connectivity index is 1.57. The number of fused-ring (bicyclic) bond motifs is 2. The molecule has 6 rings (SSSR count). The monoisotopic (exact) mass is 330 g/mol. The summed E-state index contributed by atoms with van der Waals surface area (Å²) in [6, 6.07) is 20.1. The molecule has 0 spiro atoms. The molecule has 4 heteroatoms. The van der Waals surface area contributed by atoms with Gasteiger partial charge in [0.25, 0.3) is 0 Å². The Morgan fingerprint density at radius 1 is 0.960 bits per heavy atom. The average molecular weight is 330 g/mol. The van der Waals surface area contributed by atoms with E-state index >= 15 is 0 Å². The number of nitriles is 1. The first-order chi connectivity index (χ1) is 12.3. The van der Waals surface area contributed by atoms with Crippen LogP contribution in [0.3, 0.4) is 0 Å². The Morgan fingerprint density at radius 3 is 2.52 bits per heavy atom. The fourth-order valence-electron chi connectivity index (χ4n) is 5.32. The van der Waals surface area contributed by atoms with Crippen molar-refractivity contribution in [3.63, 3.8) is 0 Å². The third-order valence-corrected chi connectivity index (χ3v) is 6.37. The highest BCUT2D eigenvalue weighted by Crippen LogP contribution is 2.47. The normalized spacial score (nSPS) is 33.1. The van der Waals surface area contributed by atoms with Gasteiger partial charge in [0.1, 0.15) is 17.6 Å². The van der Waals surface area contributed by atoms with Crippen LogP contribution in [-0.2, 0) is 0 Å². The van der Waals surface area contributed by atoms with Gasteiger partial charge in [0.2, 0.25) is 0 Å². The summed E-state index contributed by atoms with van der Waals surface area (Å²) in [6.07, 6.45) is 2.58. The molecule has 0 N–H and O–H groups in total. The van der Waals surface area contributed by atoms with Crippen LogP contribution in [0.5, 0.6) is 0 Å². The molecule has 3 atom stereocenters. The van der Waals surface area contributed by atoms with E-state index in [2.05, 4.69) is 57.3 Å². The smallest absolute Gasteiger partial charge is 0.142 e. The van der Waals surface area contributed by atoms with Gasteiger partial charge in [-0.3, -0.25) is 4.90 Å². The second-order valence-corrected chi connectivity index (χ2v) is 7.52. The first kappa shape index (κ1) is 14.9. The molecule has 5 heterocycles. The highest BCUT2D eigenvalue weighted by Gasteiger charge is 2.53. The zero-order chi connectivity index (χ0) is 16.8. The minimum absolute atomic E-state index is 0.512. The lowest BCUT2D eigenvalue weighted by atomic mass is 9.75. The molecule has 4 fully saturated rings. The Morgan fingerprint density at radius 2 is 1.76 bits per heavy atom. The van der Waals surface area contributed by atoms with E-state index in [-0.39, 0.29) is 0 Å². The average Bonchev–Trinajstić information content (AvgIpc) is 3.12. The van der Waals surface area contributed by atoms with Crippen molar-refractivity contribution in [1.29, 1.82) is 5.26 Å². The van der Waals surface area contributed by atoms with Crippen LogP contribution in [0.2, 0.25) is 0 Å². The van der Waals surface area contributed by atoms with Gasteiger partial charge in [0.15, 0.2) is 0 Å². The molecule has 126 valence electrons. The molecule has 0 radical (unpaired) electrons. The molecular weight excluding hydrogens is 308 g/mol. The van der Waals surface area contributed by atoms with E-state index in [1.165, 1.54) is 31.5 Å². The number of hydrogen-bond donors (Lipinski definition) is 0. The van der Waals surface area contributed by atoms with Gasteiger partial charge in [-0.15, -0.1) is 0 Å². The van der Waals surface area contributed by atoms with Gasteiger partial charge in [-0.2, -0.15) is 5.26 Å². The summed E-state index contributed by atoms with van der Waals surface area (Å²) in [5.74, 6) is 2.24. The Hall–Kier alpha value is -2.38. The van der Waals surface area contributed by atoms with Crippen LogP contribution < -0.4 is 4.90 Å². The molecule has 0 unspecified atom stereocenters. The van der Waals surface area contributed by atoms with Crippen LogP contribution in [0.1, 0.15) is 30.0 Å². The van der Waals surface area contributed by atoms with Crippen LogP contribution >= 0.6 is 0 Å². The van der Waals surface area contributed by atoms with Crippen LogP contribution in [0, 0.1) is 17.2 Å². The zero-order valence-electron chi connectivity index (χ0n) is 14.3. The first-order valence-electron chi connectivity index (χ1n) is 9.28. The second kappa shape index (κ2) is 5.86. The van der Waals surface area contributed by atoms with Crippen LogP contribution in [0.25, 0.3) is 0 Å². The number of pyridine rings is 1. The van der Waals surface area contributed by atoms with E-state index in [0.717, 1.165) is 18.3 Å². The molecule has 2 aromatic rings. The van der Waals surface area contributed by atoms with E-state index in [1.807, 2.05) is 6.07 Å². The fourth-order valence-corrected chi connectivity index (χ4v) is 5.32. The molecule has 1 aromatic carbocycles. The van der Waals surface area contributed by atoms with Crippen molar-refractivity contribution in [3.8, 4) is 6.07 Å².